The van der Waals surface area contributed by atoms with E-state index in [2.05, 4.69) is 9.99 Å². The van der Waals surface area contributed by atoms with Crippen molar-refractivity contribution in [2.75, 3.05) is 6.61 Å². The van der Waals surface area contributed by atoms with E-state index < -0.39 is 5.91 Å². The molecule has 1 amide bonds. The number of oxime groups is 1. The van der Waals surface area contributed by atoms with E-state index in [1.54, 1.807) is 0 Å². The first kappa shape index (κ1) is 8.73. The fourth-order valence-corrected chi connectivity index (χ4v) is 1.13. The standard InChI is InChI=1S/C7H8N2O2S/c8-7(10)5-11-9-4-6-2-1-3-12-6/h1-4H,5H2,(H2,8,10). The highest BCUT2D eigenvalue weighted by molar-refractivity contribution is 7.11. The van der Waals surface area contributed by atoms with Crippen molar-refractivity contribution in [2.45, 2.75) is 0 Å². The van der Waals surface area contributed by atoms with Crippen molar-refractivity contribution in [3.8, 4) is 0 Å². The predicted octanol–water partition coefficient (Wildman–Crippen LogP) is 0.584. The Bertz CT molecular complexity index is 269. The van der Waals surface area contributed by atoms with Crippen molar-refractivity contribution in [3.63, 3.8) is 0 Å². The van der Waals surface area contributed by atoms with Crippen LogP contribution in [0.3, 0.4) is 0 Å². The lowest BCUT2D eigenvalue weighted by atomic mass is 10.5. The Hall–Kier alpha value is -1.36. The summed E-state index contributed by atoms with van der Waals surface area (Å²) < 4.78 is 0. The van der Waals surface area contributed by atoms with Crippen LogP contribution in [-0.4, -0.2) is 18.7 Å². The summed E-state index contributed by atoms with van der Waals surface area (Å²) in [6.07, 6.45) is 1.54. The Kier molecular flexibility index (Phi) is 3.28. The summed E-state index contributed by atoms with van der Waals surface area (Å²) in [6, 6.07) is 3.79. The molecule has 1 heterocycles. The summed E-state index contributed by atoms with van der Waals surface area (Å²) in [4.78, 5) is 15.7. The Morgan fingerprint density at radius 3 is 3.25 bits per heavy atom. The summed E-state index contributed by atoms with van der Waals surface area (Å²) in [5.41, 5.74) is 4.82. The van der Waals surface area contributed by atoms with Gasteiger partial charge >= 0.3 is 0 Å². The van der Waals surface area contributed by atoms with Gasteiger partial charge in [-0.25, -0.2) is 0 Å². The van der Waals surface area contributed by atoms with Gasteiger partial charge in [-0.05, 0) is 11.4 Å². The highest BCUT2D eigenvalue weighted by Crippen LogP contribution is 2.04. The highest BCUT2D eigenvalue weighted by atomic mass is 32.1. The Morgan fingerprint density at radius 1 is 1.83 bits per heavy atom. The van der Waals surface area contributed by atoms with Crippen LogP contribution in [0.15, 0.2) is 22.7 Å². The molecule has 0 fully saturated rings. The number of nitrogens with two attached hydrogens (primary N) is 1. The number of carbonyl (C=O) groups is 1. The van der Waals surface area contributed by atoms with Crippen LogP contribution < -0.4 is 5.73 Å². The number of primary amides is 1. The number of hydrogen-bond donors (Lipinski definition) is 1. The van der Waals surface area contributed by atoms with Gasteiger partial charge in [-0.15, -0.1) is 11.3 Å². The summed E-state index contributed by atoms with van der Waals surface area (Å²) in [5.74, 6) is -0.529. The maximum atomic E-state index is 10.2. The van der Waals surface area contributed by atoms with E-state index >= 15 is 0 Å². The third-order valence-corrected chi connectivity index (χ3v) is 1.81. The number of nitrogens with zero attached hydrogens (tertiary/aromatic N) is 1. The Labute approximate surface area is 73.6 Å². The van der Waals surface area contributed by atoms with Gasteiger partial charge in [0.1, 0.15) is 0 Å². The summed E-state index contributed by atoms with van der Waals surface area (Å²) in [5, 5.41) is 5.46. The molecule has 0 spiro atoms. The minimum absolute atomic E-state index is 0.179. The van der Waals surface area contributed by atoms with Gasteiger partial charge in [0.15, 0.2) is 6.61 Å². The molecule has 0 unspecified atom stereocenters. The first-order valence-corrected chi connectivity index (χ1v) is 4.14. The molecule has 5 heteroatoms. The largest absolute Gasteiger partial charge is 0.386 e. The molecule has 12 heavy (non-hydrogen) atoms. The molecule has 4 nitrogen and oxygen atoms in total. The van der Waals surface area contributed by atoms with Crippen LogP contribution in [0.1, 0.15) is 4.88 Å². The number of thiophene rings is 1. The molecule has 64 valence electrons. The molecule has 1 rings (SSSR count). The summed E-state index contributed by atoms with van der Waals surface area (Å²) in [6.45, 7) is -0.179. The number of rotatable bonds is 4. The van der Waals surface area contributed by atoms with E-state index in [1.807, 2.05) is 17.5 Å². The second-order valence-electron chi connectivity index (χ2n) is 1.99. The maximum absolute atomic E-state index is 10.2. The first-order valence-electron chi connectivity index (χ1n) is 3.26. The van der Waals surface area contributed by atoms with Gasteiger partial charge in [0.05, 0.1) is 6.21 Å². The zero-order chi connectivity index (χ0) is 8.81. The van der Waals surface area contributed by atoms with Crippen LogP contribution in [0.2, 0.25) is 0 Å². The third-order valence-electron chi connectivity index (χ3n) is 1.00. The van der Waals surface area contributed by atoms with Crippen molar-refractivity contribution >= 4 is 23.5 Å². The predicted molar refractivity (Wildman–Crippen MR) is 47.1 cm³/mol. The molecule has 0 aliphatic heterocycles. The van der Waals surface area contributed by atoms with Gasteiger partial charge in [0.25, 0.3) is 5.91 Å². The van der Waals surface area contributed by atoms with Gasteiger partial charge in [-0.2, -0.15) is 0 Å². The van der Waals surface area contributed by atoms with E-state index in [0.717, 1.165) is 4.88 Å². The molecule has 0 aliphatic rings. The molecule has 2 N–H and O–H groups in total. The molecule has 1 aromatic rings. The Morgan fingerprint density at radius 2 is 2.67 bits per heavy atom. The molecule has 1 aromatic heterocycles. The number of amides is 1. The van der Waals surface area contributed by atoms with E-state index in [4.69, 9.17) is 5.73 Å². The zero-order valence-corrected chi connectivity index (χ0v) is 7.08. The summed E-state index contributed by atoms with van der Waals surface area (Å²) >= 11 is 1.54. The smallest absolute Gasteiger partial charge is 0.258 e. The van der Waals surface area contributed by atoms with E-state index in [1.165, 1.54) is 17.6 Å². The normalized spacial score (nSPS) is 10.3. The van der Waals surface area contributed by atoms with Gasteiger partial charge in [0, 0.05) is 4.88 Å². The molecule has 0 atom stereocenters. The minimum Gasteiger partial charge on any atom is -0.386 e. The summed E-state index contributed by atoms with van der Waals surface area (Å²) in [7, 11) is 0. The van der Waals surface area contributed by atoms with Gasteiger partial charge < -0.3 is 10.6 Å². The lowest BCUT2D eigenvalue weighted by Crippen LogP contribution is -2.16. The maximum Gasteiger partial charge on any atom is 0.258 e. The average molecular weight is 184 g/mol. The first-order chi connectivity index (χ1) is 5.79. The molecule has 0 saturated carbocycles. The third kappa shape index (κ3) is 3.16. The topological polar surface area (TPSA) is 64.7 Å². The fraction of sp³-hybridized carbons (Fsp3) is 0.143. The second kappa shape index (κ2) is 4.50. The molecule has 0 saturated heterocycles. The fourth-order valence-electron chi connectivity index (χ4n) is 0.555. The van der Waals surface area contributed by atoms with Crippen LogP contribution in [0.5, 0.6) is 0 Å². The van der Waals surface area contributed by atoms with Crippen molar-refractivity contribution in [3.05, 3.63) is 22.4 Å². The van der Waals surface area contributed by atoms with Crippen LogP contribution in [0.4, 0.5) is 0 Å². The lowest BCUT2D eigenvalue weighted by molar-refractivity contribution is -0.122. The molecule has 0 radical (unpaired) electrons. The zero-order valence-electron chi connectivity index (χ0n) is 6.27. The second-order valence-corrected chi connectivity index (χ2v) is 2.97. The van der Waals surface area contributed by atoms with Gasteiger partial charge in [-0.3, -0.25) is 4.79 Å². The van der Waals surface area contributed by atoms with Crippen LogP contribution in [0, 0.1) is 0 Å². The van der Waals surface area contributed by atoms with Crippen LogP contribution in [0.25, 0.3) is 0 Å². The molecule has 0 bridgehead atoms. The monoisotopic (exact) mass is 184 g/mol. The quantitative estimate of drug-likeness (QED) is 0.549. The van der Waals surface area contributed by atoms with Crippen molar-refractivity contribution in [2.24, 2.45) is 10.9 Å². The Balaban J connectivity index is 2.27. The van der Waals surface area contributed by atoms with Crippen LogP contribution in [-0.2, 0) is 9.63 Å². The van der Waals surface area contributed by atoms with E-state index in [0.29, 0.717) is 0 Å². The van der Waals surface area contributed by atoms with Crippen molar-refractivity contribution in [1.29, 1.82) is 0 Å². The number of carbonyl (C=O) groups excluding carboxylic acids is 1. The van der Waals surface area contributed by atoms with Crippen LogP contribution >= 0.6 is 11.3 Å². The molecular weight excluding hydrogens is 176 g/mol. The van der Waals surface area contributed by atoms with Gasteiger partial charge in [-0.1, -0.05) is 11.2 Å². The average Bonchev–Trinajstić information content (AvgIpc) is 2.49. The van der Waals surface area contributed by atoms with Gasteiger partial charge in [0.2, 0.25) is 0 Å². The number of hydrogen-bond acceptors (Lipinski definition) is 4. The molecule has 0 aromatic carbocycles. The molecular formula is C7H8N2O2S. The highest BCUT2D eigenvalue weighted by Gasteiger charge is 1.90. The lowest BCUT2D eigenvalue weighted by Gasteiger charge is -1.91. The minimum atomic E-state index is -0.529. The molecule has 0 aliphatic carbocycles. The van der Waals surface area contributed by atoms with E-state index in [9.17, 15) is 4.79 Å². The van der Waals surface area contributed by atoms with Crippen molar-refractivity contribution in [1.82, 2.24) is 0 Å². The van der Waals surface area contributed by atoms with Crippen molar-refractivity contribution < 1.29 is 9.63 Å². The SMILES string of the molecule is NC(=O)CON=Cc1cccs1. The van der Waals surface area contributed by atoms with E-state index in [-0.39, 0.29) is 6.61 Å².